The number of nitrogens with zero attached hydrogens (tertiary/aromatic N) is 2. The highest BCUT2D eigenvalue weighted by Crippen LogP contribution is 2.47. The number of para-hydroxylation sites is 1. The summed E-state index contributed by atoms with van der Waals surface area (Å²) in [5.41, 5.74) is 8.38. The summed E-state index contributed by atoms with van der Waals surface area (Å²) in [6, 6.07) is 6.61. The molecule has 20 heavy (non-hydrogen) atoms. The van der Waals surface area contributed by atoms with Crippen molar-refractivity contribution >= 4 is 22.6 Å². The van der Waals surface area contributed by atoms with E-state index < -0.39 is 0 Å². The Morgan fingerprint density at radius 2 is 2.05 bits per heavy atom. The van der Waals surface area contributed by atoms with Crippen LogP contribution < -0.4 is 5.73 Å². The number of aromatic nitrogens is 2. The molecular formula is C16H20ClN3. The summed E-state index contributed by atoms with van der Waals surface area (Å²) in [4.78, 5) is 4.96. The zero-order valence-corrected chi connectivity index (χ0v) is 12.4. The van der Waals surface area contributed by atoms with Crippen molar-refractivity contribution in [1.29, 1.82) is 0 Å². The van der Waals surface area contributed by atoms with Crippen LogP contribution in [0.2, 0.25) is 5.02 Å². The molecule has 3 nitrogen and oxygen atoms in total. The molecule has 2 aromatic rings. The Bertz CT molecular complexity index is 651. The highest BCUT2D eigenvalue weighted by Gasteiger charge is 2.41. The first-order chi connectivity index (χ1) is 9.75. The minimum Gasteiger partial charge on any atom is -0.329 e. The molecule has 0 radical (unpaired) electrons. The first-order valence-electron chi connectivity index (χ1n) is 7.62. The van der Waals surface area contributed by atoms with E-state index in [1.807, 2.05) is 12.1 Å². The van der Waals surface area contributed by atoms with E-state index in [1.54, 1.807) is 0 Å². The number of rotatable bonds is 3. The number of nitrogens with two attached hydrogens (primary N) is 1. The van der Waals surface area contributed by atoms with Gasteiger partial charge in [-0.1, -0.05) is 30.5 Å². The molecule has 1 aromatic carbocycles. The van der Waals surface area contributed by atoms with Crippen molar-refractivity contribution in [1.82, 2.24) is 9.55 Å². The molecule has 0 aliphatic heterocycles. The molecule has 0 atom stereocenters. The van der Waals surface area contributed by atoms with Crippen LogP contribution >= 0.6 is 11.6 Å². The van der Waals surface area contributed by atoms with Gasteiger partial charge in [0.1, 0.15) is 5.82 Å². The monoisotopic (exact) mass is 289 g/mol. The molecule has 1 aromatic heterocycles. The van der Waals surface area contributed by atoms with Gasteiger partial charge in [0, 0.05) is 18.0 Å². The Labute approximate surface area is 124 Å². The van der Waals surface area contributed by atoms with Crippen molar-refractivity contribution in [3.8, 4) is 0 Å². The minimum absolute atomic E-state index is 0.0743. The molecule has 4 heteroatoms. The molecule has 0 saturated heterocycles. The molecular weight excluding hydrogens is 270 g/mol. The van der Waals surface area contributed by atoms with E-state index in [4.69, 9.17) is 22.3 Å². The third-order valence-corrected chi connectivity index (χ3v) is 5.30. The third-order valence-electron chi connectivity index (χ3n) is 5.00. The highest BCUT2D eigenvalue weighted by atomic mass is 35.5. The molecule has 106 valence electrons. The van der Waals surface area contributed by atoms with E-state index in [-0.39, 0.29) is 5.41 Å². The van der Waals surface area contributed by atoms with Crippen LogP contribution in [0.25, 0.3) is 11.0 Å². The second-order valence-corrected chi connectivity index (χ2v) is 6.74. The summed E-state index contributed by atoms with van der Waals surface area (Å²) in [6.45, 7) is 0.695. The Balaban J connectivity index is 1.99. The van der Waals surface area contributed by atoms with Crippen LogP contribution in [0.1, 0.15) is 50.4 Å². The smallest absolute Gasteiger partial charge is 0.117 e. The van der Waals surface area contributed by atoms with E-state index in [0.29, 0.717) is 12.6 Å². The normalized spacial score (nSPS) is 21.7. The predicted molar refractivity (Wildman–Crippen MR) is 82.2 cm³/mol. The molecule has 0 amide bonds. The molecule has 2 saturated carbocycles. The van der Waals surface area contributed by atoms with E-state index in [2.05, 4.69) is 10.6 Å². The molecule has 1 heterocycles. The molecule has 0 bridgehead atoms. The van der Waals surface area contributed by atoms with E-state index in [0.717, 1.165) is 28.9 Å². The van der Waals surface area contributed by atoms with Crippen molar-refractivity contribution in [3.63, 3.8) is 0 Å². The van der Waals surface area contributed by atoms with Crippen LogP contribution in [0.3, 0.4) is 0 Å². The first kappa shape index (κ1) is 12.7. The first-order valence-corrected chi connectivity index (χ1v) is 8.00. The second-order valence-electron chi connectivity index (χ2n) is 6.34. The molecule has 4 rings (SSSR count). The van der Waals surface area contributed by atoms with Crippen molar-refractivity contribution in [2.24, 2.45) is 5.73 Å². The SMILES string of the molecule is NCC1(c2nc3cccc(Cl)c3n2C2CC2)CCCC1. The predicted octanol–water partition coefficient (Wildman–Crippen LogP) is 3.80. The van der Waals surface area contributed by atoms with Gasteiger partial charge in [-0.15, -0.1) is 0 Å². The van der Waals surface area contributed by atoms with Crippen molar-refractivity contribution in [2.45, 2.75) is 50.0 Å². The molecule has 2 aliphatic rings. The number of fused-ring (bicyclic) bond motifs is 1. The Kier molecular flexibility index (Phi) is 2.83. The van der Waals surface area contributed by atoms with Crippen molar-refractivity contribution in [3.05, 3.63) is 29.0 Å². The highest BCUT2D eigenvalue weighted by molar-refractivity contribution is 6.35. The van der Waals surface area contributed by atoms with Crippen molar-refractivity contribution < 1.29 is 0 Å². The number of hydrogen-bond acceptors (Lipinski definition) is 2. The number of halogens is 1. The van der Waals surface area contributed by atoms with Gasteiger partial charge in [-0.2, -0.15) is 0 Å². The summed E-state index contributed by atoms with van der Waals surface area (Å²) in [6.07, 6.45) is 7.33. The van der Waals surface area contributed by atoms with Crippen LogP contribution in [-0.4, -0.2) is 16.1 Å². The van der Waals surface area contributed by atoms with E-state index >= 15 is 0 Å². The van der Waals surface area contributed by atoms with Crippen LogP contribution in [0.4, 0.5) is 0 Å². The minimum atomic E-state index is 0.0743. The molecule has 2 aliphatic carbocycles. The average Bonchev–Trinajstić information content (AvgIpc) is 3.04. The Hall–Kier alpha value is -1.06. The number of imidazole rings is 1. The maximum Gasteiger partial charge on any atom is 0.117 e. The third kappa shape index (κ3) is 1.73. The number of hydrogen-bond donors (Lipinski definition) is 1. The van der Waals surface area contributed by atoms with Crippen LogP contribution in [0.5, 0.6) is 0 Å². The summed E-state index contributed by atoms with van der Waals surface area (Å²) in [5.74, 6) is 1.20. The average molecular weight is 290 g/mol. The van der Waals surface area contributed by atoms with Crippen LogP contribution in [0, 0.1) is 0 Å². The van der Waals surface area contributed by atoms with E-state index in [9.17, 15) is 0 Å². The fourth-order valence-corrected chi connectivity index (χ4v) is 4.00. The van der Waals surface area contributed by atoms with Gasteiger partial charge in [-0.25, -0.2) is 4.98 Å². The summed E-state index contributed by atoms with van der Waals surface area (Å²) < 4.78 is 2.41. The standard InChI is InChI=1S/C16H20ClN3/c17-12-4-3-5-13-14(12)20(11-6-7-11)15(19-13)16(10-18)8-1-2-9-16/h3-5,11H,1-2,6-10,18H2. The van der Waals surface area contributed by atoms with Gasteiger partial charge in [-0.05, 0) is 37.8 Å². The molecule has 2 fully saturated rings. The van der Waals surface area contributed by atoms with Gasteiger partial charge < -0.3 is 10.3 Å². The van der Waals surface area contributed by atoms with Gasteiger partial charge in [0.25, 0.3) is 0 Å². The number of benzene rings is 1. The van der Waals surface area contributed by atoms with Crippen LogP contribution in [0.15, 0.2) is 18.2 Å². The van der Waals surface area contributed by atoms with Gasteiger partial charge >= 0.3 is 0 Å². The summed E-state index contributed by atoms with van der Waals surface area (Å²) in [5, 5.41) is 0.818. The lowest BCUT2D eigenvalue weighted by atomic mass is 9.85. The quantitative estimate of drug-likeness (QED) is 0.934. The maximum absolute atomic E-state index is 6.45. The molecule has 0 unspecified atom stereocenters. The lowest BCUT2D eigenvalue weighted by Crippen LogP contribution is -2.35. The maximum atomic E-state index is 6.45. The zero-order valence-electron chi connectivity index (χ0n) is 11.6. The van der Waals surface area contributed by atoms with Gasteiger partial charge in [0.2, 0.25) is 0 Å². The lowest BCUT2D eigenvalue weighted by Gasteiger charge is -2.27. The molecule has 0 spiro atoms. The lowest BCUT2D eigenvalue weighted by molar-refractivity contribution is 0.406. The van der Waals surface area contributed by atoms with Gasteiger partial charge in [-0.3, -0.25) is 0 Å². The summed E-state index contributed by atoms with van der Waals surface area (Å²) >= 11 is 6.45. The molecule has 2 N–H and O–H groups in total. The van der Waals surface area contributed by atoms with Gasteiger partial charge in [0.05, 0.1) is 16.1 Å². The zero-order chi connectivity index (χ0) is 13.7. The van der Waals surface area contributed by atoms with Crippen LogP contribution in [-0.2, 0) is 5.41 Å². The topological polar surface area (TPSA) is 43.8 Å². The van der Waals surface area contributed by atoms with Gasteiger partial charge in [0.15, 0.2) is 0 Å². The Morgan fingerprint density at radius 1 is 1.30 bits per heavy atom. The second kappa shape index (κ2) is 4.47. The van der Waals surface area contributed by atoms with Crippen molar-refractivity contribution in [2.75, 3.05) is 6.54 Å². The summed E-state index contributed by atoms with van der Waals surface area (Å²) in [7, 11) is 0. The fourth-order valence-electron chi connectivity index (χ4n) is 3.74. The largest absolute Gasteiger partial charge is 0.329 e. The fraction of sp³-hybridized carbons (Fsp3) is 0.562. The van der Waals surface area contributed by atoms with E-state index in [1.165, 1.54) is 31.5 Å². The Morgan fingerprint density at radius 3 is 2.70 bits per heavy atom.